The Labute approximate surface area is 222 Å². The van der Waals surface area contributed by atoms with Crippen molar-refractivity contribution in [3.8, 4) is 10.4 Å². The van der Waals surface area contributed by atoms with E-state index >= 15 is 0 Å². The number of carbonyl (C=O) groups is 2. The van der Waals surface area contributed by atoms with Gasteiger partial charge in [-0.25, -0.2) is 18.2 Å². The van der Waals surface area contributed by atoms with Gasteiger partial charge in [-0.2, -0.15) is 0 Å². The molecule has 4 rings (SSSR count). The molecule has 1 aromatic heterocycles. The second-order valence-electron chi connectivity index (χ2n) is 8.96. The summed E-state index contributed by atoms with van der Waals surface area (Å²) in [5.41, 5.74) is 0.782. The Kier molecular flexibility index (Phi) is 7.97. The number of rotatable bonds is 9. The number of halogens is 3. The highest BCUT2D eigenvalue weighted by atomic mass is 32.1. The third-order valence-electron chi connectivity index (χ3n) is 5.91. The summed E-state index contributed by atoms with van der Waals surface area (Å²) < 4.78 is 42.5. The molecule has 0 radical (unpaired) electrons. The molecule has 1 heterocycles. The van der Waals surface area contributed by atoms with Gasteiger partial charge >= 0.3 is 0 Å². The highest BCUT2D eigenvalue weighted by Gasteiger charge is 2.35. The Morgan fingerprint density at radius 2 is 1.84 bits per heavy atom. The van der Waals surface area contributed by atoms with E-state index in [0.717, 1.165) is 15.7 Å². The van der Waals surface area contributed by atoms with Crippen LogP contribution in [0.2, 0.25) is 0 Å². The van der Waals surface area contributed by atoms with Crippen molar-refractivity contribution in [3.05, 3.63) is 101 Å². The van der Waals surface area contributed by atoms with Crippen molar-refractivity contribution in [2.24, 2.45) is 0 Å². The van der Waals surface area contributed by atoms with Crippen molar-refractivity contribution in [2.75, 3.05) is 13.1 Å². The zero-order chi connectivity index (χ0) is 27.4. The van der Waals surface area contributed by atoms with Gasteiger partial charge in [0.25, 0.3) is 17.7 Å². The van der Waals surface area contributed by atoms with Crippen LogP contribution in [0.15, 0.2) is 79.4 Å². The van der Waals surface area contributed by atoms with Gasteiger partial charge in [0.2, 0.25) is 0 Å². The van der Waals surface area contributed by atoms with Crippen molar-refractivity contribution in [3.63, 3.8) is 0 Å². The molecule has 2 amide bonds. The molecule has 0 bridgehead atoms. The predicted molar refractivity (Wildman–Crippen MR) is 144 cm³/mol. The molecule has 4 aromatic rings. The number of thiazole rings is 1. The molecule has 0 fully saturated rings. The third kappa shape index (κ3) is 6.11. The number of alkyl halides is 2. The van der Waals surface area contributed by atoms with Crippen LogP contribution in [0.1, 0.15) is 32.8 Å². The zero-order valence-corrected chi connectivity index (χ0v) is 21.7. The number of amides is 2. The van der Waals surface area contributed by atoms with Crippen LogP contribution >= 0.6 is 11.3 Å². The molecule has 38 heavy (non-hydrogen) atoms. The lowest BCUT2D eigenvalue weighted by Crippen LogP contribution is -2.50. The molecular weight excluding hydrogens is 511 g/mol. The van der Waals surface area contributed by atoms with E-state index in [-0.39, 0.29) is 12.2 Å². The first-order valence-corrected chi connectivity index (χ1v) is 12.7. The lowest BCUT2D eigenvalue weighted by atomic mass is 10.0. The fourth-order valence-corrected chi connectivity index (χ4v) is 5.12. The number of hydrogen-bond acceptors (Lipinski definition) is 4. The number of benzene rings is 3. The van der Waals surface area contributed by atoms with Crippen molar-refractivity contribution >= 4 is 33.9 Å². The number of carbonyl (C=O) groups excluding carboxylic acids is 2. The van der Waals surface area contributed by atoms with E-state index in [2.05, 4.69) is 16.9 Å². The van der Waals surface area contributed by atoms with Crippen molar-refractivity contribution < 1.29 is 22.8 Å². The van der Waals surface area contributed by atoms with Gasteiger partial charge in [0.05, 0.1) is 22.5 Å². The van der Waals surface area contributed by atoms with Crippen molar-refractivity contribution in [2.45, 2.75) is 25.8 Å². The third-order valence-corrected chi connectivity index (χ3v) is 6.93. The first-order chi connectivity index (χ1) is 18.1. The normalized spacial score (nSPS) is 12.2. The predicted octanol–water partition coefficient (Wildman–Crippen LogP) is 6.49. The summed E-state index contributed by atoms with van der Waals surface area (Å²) in [6.07, 6.45) is 1.34. The van der Waals surface area contributed by atoms with Gasteiger partial charge in [-0.1, -0.05) is 54.6 Å². The van der Waals surface area contributed by atoms with Crippen LogP contribution in [0.25, 0.3) is 21.2 Å². The standard InChI is InChI=1S/C29H26F3N3O2S/c1-4-22(16-33-27(36)24-14-8-10-19-9-5-6-13-23(19)24)35(17-29(3,31)32)28(37)25-26(38-18(2)34-25)20-11-7-12-21(30)15-20/h4-15,22H,1,16-17H2,2-3H3,(H,33,36). The Bertz CT molecular complexity index is 1490. The Hall–Kier alpha value is -3.98. The Balaban J connectivity index is 1.63. The summed E-state index contributed by atoms with van der Waals surface area (Å²) in [6.45, 7) is 5.05. The highest BCUT2D eigenvalue weighted by Crippen LogP contribution is 2.32. The van der Waals surface area contributed by atoms with E-state index in [1.165, 1.54) is 35.6 Å². The fraction of sp³-hybridized carbons (Fsp3) is 0.207. The molecular formula is C29H26F3N3O2S. The molecule has 0 saturated carbocycles. The maximum atomic E-state index is 14.3. The van der Waals surface area contributed by atoms with Crippen LogP contribution in [0, 0.1) is 12.7 Å². The minimum absolute atomic E-state index is 0.0606. The van der Waals surface area contributed by atoms with E-state index in [4.69, 9.17) is 0 Å². The average molecular weight is 538 g/mol. The molecule has 0 saturated heterocycles. The number of nitrogens with zero attached hydrogens (tertiary/aromatic N) is 2. The molecule has 9 heteroatoms. The van der Waals surface area contributed by atoms with Gasteiger partial charge < -0.3 is 10.2 Å². The van der Waals surface area contributed by atoms with E-state index in [0.29, 0.717) is 27.9 Å². The Morgan fingerprint density at radius 3 is 2.55 bits per heavy atom. The number of hydrogen-bond donors (Lipinski definition) is 1. The summed E-state index contributed by atoms with van der Waals surface area (Å²) in [5.74, 6) is -4.90. The van der Waals surface area contributed by atoms with Gasteiger partial charge in [0.1, 0.15) is 11.5 Å². The number of nitrogens with one attached hydrogen (secondary N) is 1. The number of aromatic nitrogens is 1. The first kappa shape index (κ1) is 27.1. The molecule has 196 valence electrons. The van der Waals surface area contributed by atoms with E-state index in [1.807, 2.05) is 30.3 Å². The molecule has 0 aliphatic heterocycles. The number of fused-ring (bicyclic) bond motifs is 1. The van der Waals surface area contributed by atoms with E-state index in [9.17, 15) is 22.8 Å². The molecule has 1 unspecified atom stereocenters. The van der Waals surface area contributed by atoms with Crippen LogP contribution in [0.3, 0.4) is 0 Å². The zero-order valence-electron chi connectivity index (χ0n) is 20.9. The minimum atomic E-state index is -3.24. The first-order valence-electron chi connectivity index (χ1n) is 11.9. The lowest BCUT2D eigenvalue weighted by Gasteiger charge is -2.32. The largest absolute Gasteiger partial charge is 0.350 e. The van der Waals surface area contributed by atoms with Crippen LogP contribution in [-0.4, -0.2) is 46.8 Å². The molecule has 1 N–H and O–H groups in total. The average Bonchev–Trinajstić information content (AvgIpc) is 3.28. The monoisotopic (exact) mass is 537 g/mol. The van der Waals surface area contributed by atoms with E-state index < -0.39 is 36.1 Å². The Morgan fingerprint density at radius 1 is 1.13 bits per heavy atom. The van der Waals surface area contributed by atoms with Crippen LogP contribution in [0.4, 0.5) is 13.2 Å². The molecule has 0 aliphatic rings. The summed E-state index contributed by atoms with van der Waals surface area (Å²) in [4.78, 5) is 32.4. The van der Waals surface area contributed by atoms with Crippen molar-refractivity contribution in [1.29, 1.82) is 0 Å². The maximum Gasteiger partial charge on any atom is 0.274 e. The lowest BCUT2D eigenvalue weighted by molar-refractivity contribution is -0.0163. The molecule has 0 spiro atoms. The summed E-state index contributed by atoms with van der Waals surface area (Å²) in [5, 5.41) is 4.91. The van der Waals surface area contributed by atoms with E-state index in [1.54, 1.807) is 25.1 Å². The summed E-state index contributed by atoms with van der Waals surface area (Å²) in [6, 6.07) is 17.4. The summed E-state index contributed by atoms with van der Waals surface area (Å²) >= 11 is 1.17. The second kappa shape index (κ2) is 11.2. The topological polar surface area (TPSA) is 62.3 Å². The van der Waals surface area contributed by atoms with Gasteiger partial charge in [-0.3, -0.25) is 9.59 Å². The van der Waals surface area contributed by atoms with Crippen LogP contribution in [-0.2, 0) is 0 Å². The van der Waals surface area contributed by atoms with Crippen LogP contribution in [0.5, 0.6) is 0 Å². The minimum Gasteiger partial charge on any atom is -0.350 e. The van der Waals surface area contributed by atoms with Gasteiger partial charge in [0.15, 0.2) is 0 Å². The molecule has 0 aliphatic carbocycles. The maximum absolute atomic E-state index is 14.3. The summed E-state index contributed by atoms with van der Waals surface area (Å²) in [7, 11) is 0. The quantitative estimate of drug-likeness (QED) is 0.248. The van der Waals surface area contributed by atoms with Gasteiger partial charge in [-0.15, -0.1) is 17.9 Å². The number of aryl methyl sites for hydroxylation is 1. The van der Waals surface area contributed by atoms with Gasteiger partial charge in [-0.05, 0) is 41.5 Å². The van der Waals surface area contributed by atoms with Crippen molar-refractivity contribution in [1.82, 2.24) is 15.2 Å². The highest BCUT2D eigenvalue weighted by molar-refractivity contribution is 7.15. The van der Waals surface area contributed by atoms with Gasteiger partial charge in [0, 0.05) is 19.0 Å². The van der Waals surface area contributed by atoms with Crippen LogP contribution < -0.4 is 5.32 Å². The smallest absolute Gasteiger partial charge is 0.274 e. The molecule has 1 atom stereocenters. The SMILES string of the molecule is C=CC(CNC(=O)c1cccc2ccccc12)N(CC(C)(F)F)C(=O)c1nc(C)sc1-c1cccc(F)c1. The fourth-order valence-electron chi connectivity index (χ4n) is 4.21. The second-order valence-corrected chi connectivity index (χ2v) is 10.2. The molecule has 3 aromatic carbocycles. The molecule has 5 nitrogen and oxygen atoms in total.